The zero-order chi connectivity index (χ0) is 13.7. The summed E-state index contributed by atoms with van der Waals surface area (Å²) in [5.41, 5.74) is 2.05. The first-order valence-corrected chi connectivity index (χ1v) is 8.21. The van der Waals surface area contributed by atoms with E-state index in [0.29, 0.717) is 0 Å². The fraction of sp³-hybridized carbons (Fsp3) is 0.385. The van der Waals surface area contributed by atoms with Crippen LogP contribution >= 0.6 is 34.7 Å². The van der Waals surface area contributed by atoms with Crippen LogP contribution in [0.15, 0.2) is 23.4 Å². The predicted molar refractivity (Wildman–Crippen MR) is 83.3 cm³/mol. The van der Waals surface area contributed by atoms with E-state index in [-0.39, 0.29) is 0 Å². The Morgan fingerprint density at radius 3 is 2.63 bits per heavy atom. The van der Waals surface area contributed by atoms with Crippen LogP contribution in [0.3, 0.4) is 0 Å². The predicted octanol–water partition coefficient (Wildman–Crippen LogP) is 3.69. The number of halogens is 1. The summed E-state index contributed by atoms with van der Waals surface area (Å²) in [6.07, 6.45) is 0. The van der Waals surface area contributed by atoms with Gasteiger partial charge < -0.3 is 5.32 Å². The third-order valence-electron chi connectivity index (χ3n) is 2.40. The zero-order valence-electron chi connectivity index (χ0n) is 10.9. The van der Waals surface area contributed by atoms with Crippen molar-refractivity contribution in [2.75, 3.05) is 12.3 Å². The minimum Gasteiger partial charge on any atom is -0.311 e. The van der Waals surface area contributed by atoms with E-state index < -0.39 is 0 Å². The van der Waals surface area contributed by atoms with Gasteiger partial charge in [-0.2, -0.15) is 0 Å². The van der Waals surface area contributed by atoms with Crippen molar-refractivity contribution in [3.8, 4) is 0 Å². The highest BCUT2D eigenvalue weighted by Gasteiger charge is 2.01. The number of rotatable bonds is 6. The monoisotopic (exact) mass is 313 g/mol. The number of nitrogens with one attached hydrogen (secondary N) is 1. The molecule has 0 bridgehead atoms. The number of aryl methyl sites for hydroxylation is 2. The van der Waals surface area contributed by atoms with Gasteiger partial charge in [-0.15, -0.1) is 11.3 Å². The molecule has 0 amide bonds. The Balaban J connectivity index is 1.69. The lowest BCUT2D eigenvalue weighted by Gasteiger charge is -2.04. The van der Waals surface area contributed by atoms with Gasteiger partial charge in [0.2, 0.25) is 0 Å². The minimum atomic E-state index is 0.842. The lowest BCUT2D eigenvalue weighted by molar-refractivity contribution is 0.739. The summed E-state index contributed by atoms with van der Waals surface area (Å²) in [6, 6.07) is 5.98. The van der Waals surface area contributed by atoms with Gasteiger partial charge in [-0.3, -0.25) is 0 Å². The molecular weight excluding hydrogens is 298 g/mol. The van der Waals surface area contributed by atoms with Gasteiger partial charge in [0.1, 0.15) is 0 Å². The van der Waals surface area contributed by atoms with E-state index in [2.05, 4.69) is 21.4 Å². The van der Waals surface area contributed by atoms with Crippen LogP contribution in [0.4, 0.5) is 0 Å². The number of hydrogen-bond donors (Lipinski definition) is 1. The van der Waals surface area contributed by atoms with E-state index in [0.717, 1.165) is 39.7 Å². The fourth-order valence-corrected chi connectivity index (χ4v) is 3.53. The molecule has 0 fully saturated rings. The molecule has 6 heteroatoms. The molecule has 0 spiro atoms. The van der Waals surface area contributed by atoms with Gasteiger partial charge in [0.25, 0.3) is 0 Å². The zero-order valence-corrected chi connectivity index (χ0v) is 13.3. The molecule has 2 rings (SSSR count). The van der Waals surface area contributed by atoms with E-state index in [1.165, 1.54) is 4.88 Å². The van der Waals surface area contributed by atoms with Crippen molar-refractivity contribution in [3.05, 3.63) is 38.8 Å². The van der Waals surface area contributed by atoms with E-state index in [1.807, 2.05) is 26.0 Å². The van der Waals surface area contributed by atoms with Crippen molar-refractivity contribution >= 4 is 34.7 Å². The molecule has 19 heavy (non-hydrogen) atoms. The first-order chi connectivity index (χ1) is 9.13. The lowest BCUT2D eigenvalue weighted by Crippen LogP contribution is -2.15. The highest BCUT2D eigenvalue weighted by Crippen LogP contribution is 2.21. The van der Waals surface area contributed by atoms with Crippen molar-refractivity contribution in [1.29, 1.82) is 0 Å². The summed E-state index contributed by atoms with van der Waals surface area (Å²) in [7, 11) is 0. The van der Waals surface area contributed by atoms with Gasteiger partial charge in [-0.05, 0) is 32.0 Å². The second kappa shape index (κ2) is 7.24. The molecule has 2 heterocycles. The van der Waals surface area contributed by atoms with E-state index in [1.54, 1.807) is 23.1 Å². The third-order valence-corrected chi connectivity index (χ3v) is 4.48. The number of hydrogen-bond acceptors (Lipinski definition) is 5. The van der Waals surface area contributed by atoms with Gasteiger partial charge in [0.05, 0.1) is 4.34 Å². The Kier molecular flexibility index (Phi) is 5.63. The molecule has 0 aromatic carbocycles. The van der Waals surface area contributed by atoms with Crippen LogP contribution < -0.4 is 5.32 Å². The molecule has 2 aromatic heterocycles. The molecule has 0 saturated carbocycles. The molecule has 0 aliphatic carbocycles. The maximum absolute atomic E-state index is 5.88. The molecule has 0 radical (unpaired) electrons. The van der Waals surface area contributed by atoms with Crippen LogP contribution in [0.25, 0.3) is 0 Å². The van der Waals surface area contributed by atoms with Gasteiger partial charge in [-0.25, -0.2) is 9.97 Å². The van der Waals surface area contributed by atoms with Crippen LogP contribution in [-0.4, -0.2) is 22.3 Å². The van der Waals surface area contributed by atoms with Gasteiger partial charge in [0.15, 0.2) is 5.16 Å². The van der Waals surface area contributed by atoms with Crippen molar-refractivity contribution < 1.29 is 0 Å². The largest absolute Gasteiger partial charge is 0.311 e. The fourth-order valence-electron chi connectivity index (χ4n) is 1.63. The average molecular weight is 314 g/mol. The number of nitrogens with zero attached hydrogens (tertiary/aromatic N) is 2. The molecule has 0 aliphatic rings. The van der Waals surface area contributed by atoms with Gasteiger partial charge >= 0.3 is 0 Å². The topological polar surface area (TPSA) is 37.8 Å². The molecule has 0 atom stereocenters. The van der Waals surface area contributed by atoms with Crippen molar-refractivity contribution in [2.45, 2.75) is 25.5 Å². The summed E-state index contributed by atoms with van der Waals surface area (Å²) < 4.78 is 0.842. The minimum absolute atomic E-state index is 0.842. The highest BCUT2D eigenvalue weighted by molar-refractivity contribution is 7.99. The molecule has 0 saturated heterocycles. The smallest absolute Gasteiger partial charge is 0.188 e. The highest BCUT2D eigenvalue weighted by atomic mass is 35.5. The Morgan fingerprint density at radius 1 is 1.26 bits per heavy atom. The van der Waals surface area contributed by atoms with E-state index >= 15 is 0 Å². The summed E-state index contributed by atoms with van der Waals surface area (Å²) >= 11 is 9.18. The first-order valence-electron chi connectivity index (χ1n) is 6.03. The van der Waals surface area contributed by atoms with Crippen LogP contribution in [0.5, 0.6) is 0 Å². The molecule has 0 unspecified atom stereocenters. The summed E-state index contributed by atoms with van der Waals surface area (Å²) in [5.74, 6) is 0.960. The number of thiophene rings is 1. The van der Waals surface area contributed by atoms with Crippen molar-refractivity contribution in [1.82, 2.24) is 15.3 Å². The van der Waals surface area contributed by atoms with Crippen LogP contribution in [0.1, 0.15) is 16.3 Å². The maximum Gasteiger partial charge on any atom is 0.188 e. The molecular formula is C13H16ClN3S2. The number of aromatic nitrogens is 2. The average Bonchev–Trinajstić information content (AvgIpc) is 2.73. The summed E-state index contributed by atoms with van der Waals surface area (Å²) in [5, 5.41) is 4.25. The second-order valence-electron chi connectivity index (χ2n) is 4.16. The Morgan fingerprint density at radius 2 is 2.00 bits per heavy atom. The van der Waals surface area contributed by atoms with Crippen molar-refractivity contribution in [3.63, 3.8) is 0 Å². The second-order valence-corrected chi connectivity index (χ2v) is 7.03. The van der Waals surface area contributed by atoms with Crippen LogP contribution in [-0.2, 0) is 6.54 Å². The van der Waals surface area contributed by atoms with Crippen molar-refractivity contribution in [2.24, 2.45) is 0 Å². The lowest BCUT2D eigenvalue weighted by atomic mass is 10.4. The quantitative estimate of drug-likeness (QED) is 0.501. The van der Waals surface area contributed by atoms with E-state index in [9.17, 15) is 0 Å². The molecule has 1 N–H and O–H groups in total. The van der Waals surface area contributed by atoms with Gasteiger partial charge in [-0.1, -0.05) is 23.4 Å². The molecule has 2 aromatic rings. The summed E-state index contributed by atoms with van der Waals surface area (Å²) in [4.78, 5) is 10.1. The Bertz CT molecular complexity index is 522. The SMILES string of the molecule is Cc1cc(C)nc(SCCNCc2ccc(Cl)s2)n1. The molecule has 102 valence electrons. The van der Waals surface area contributed by atoms with Crippen LogP contribution in [0.2, 0.25) is 4.34 Å². The maximum atomic E-state index is 5.88. The van der Waals surface area contributed by atoms with Crippen LogP contribution in [0, 0.1) is 13.8 Å². The van der Waals surface area contributed by atoms with Gasteiger partial charge in [0, 0.05) is 35.1 Å². The third kappa shape index (κ3) is 5.10. The van der Waals surface area contributed by atoms with E-state index in [4.69, 9.17) is 11.6 Å². The Labute approximate surface area is 126 Å². The normalized spacial score (nSPS) is 10.9. The Hall–Kier alpha value is -0.620. The molecule has 3 nitrogen and oxygen atoms in total. The summed E-state index contributed by atoms with van der Waals surface area (Å²) in [6.45, 7) is 5.79. The molecule has 0 aliphatic heterocycles. The first kappa shape index (κ1) is 14.8. The number of thioether (sulfide) groups is 1. The standard InChI is InChI=1S/C13H16ClN3S2/c1-9-7-10(2)17-13(16-9)18-6-5-15-8-11-3-4-12(14)19-11/h3-4,7,15H,5-6,8H2,1-2H3.